The van der Waals surface area contributed by atoms with E-state index in [1.54, 1.807) is 0 Å². The lowest BCUT2D eigenvalue weighted by atomic mass is 10.1. The molecule has 2 saturated heterocycles. The summed E-state index contributed by atoms with van der Waals surface area (Å²) >= 11 is 5.93. The van der Waals surface area contributed by atoms with Crippen molar-refractivity contribution < 1.29 is 9.59 Å². The summed E-state index contributed by atoms with van der Waals surface area (Å²) in [7, 11) is 0. The first kappa shape index (κ1) is 23.8. The molecule has 0 spiro atoms. The van der Waals surface area contributed by atoms with E-state index in [-0.39, 0.29) is 55.3 Å². The molecule has 0 saturated carbocycles. The molecule has 27 heavy (non-hydrogen) atoms. The molecule has 2 aliphatic rings. The Balaban J connectivity index is 0.00000182. The number of benzene rings is 1. The molecular formula is C17H26Cl3N5O2. The van der Waals surface area contributed by atoms with E-state index in [2.05, 4.69) is 15.5 Å². The van der Waals surface area contributed by atoms with Gasteiger partial charge in [0, 0.05) is 49.5 Å². The van der Waals surface area contributed by atoms with Crippen LogP contribution in [0, 0.1) is 0 Å². The molecule has 7 nitrogen and oxygen atoms in total. The lowest BCUT2D eigenvalue weighted by Crippen LogP contribution is -2.53. The minimum atomic E-state index is -0.231. The average molecular weight is 439 g/mol. The molecule has 0 aromatic heterocycles. The van der Waals surface area contributed by atoms with Gasteiger partial charge in [-0.2, -0.15) is 0 Å². The van der Waals surface area contributed by atoms with Crippen LogP contribution in [0.2, 0.25) is 5.02 Å². The molecule has 0 unspecified atom stereocenters. The van der Waals surface area contributed by atoms with Gasteiger partial charge in [-0.05, 0) is 30.7 Å². The number of amides is 2. The molecule has 2 heterocycles. The number of nitrogens with one attached hydrogen (secondary N) is 2. The third-order valence-electron chi connectivity index (χ3n) is 4.76. The van der Waals surface area contributed by atoms with E-state index in [4.69, 9.17) is 17.3 Å². The number of rotatable bonds is 4. The zero-order valence-electron chi connectivity index (χ0n) is 14.9. The van der Waals surface area contributed by atoms with E-state index < -0.39 is 0 Å². The van der Waals surface area contributed by atoms with Gasteiger partial charge in [-0.3, -0.25) is 9.59 Å². The largest absolute Gasteiger partial charge is 0.368 e. The number of carbonyl (C=O) groups excluding carboxylic acids is 2. The standard InChI is InChI=1S/C17H24ClN5O2.2ClH/c18-12-1-3-14(4-2-12)22-5-7-23(8-6-22)17(25)15-9-13(11-20-15)21-16(24)10-19;;/h1-4,13,15,20H,5-11,19H2,(H,21,24);2*1H/t13-,15+;;/m1../s1. The highest BCUT2D eigenvalue weighted by molar-refractivity contribution is 6.30. The zero-order chi connectivity index (χ0) is 17.8. The summed E-state index contributed by atoms with van der Waals surface area (Å²) in [5, 5.41) is 6.76. The fourth-order valence-corrected chi connectivity index (χ4v) is 3.50. The number of nitrogens with zero attached hydrogens (tertiary/aromatic N) is 2. The maximum atomic E-state index is 12.7. The Labute approximate surface area is 176 Å². The van der Waals surface area contributed by atoms with Gasteiger partial charge in [0.05, 0.1) is 12.6 Å². The zero-order valence-corrected chi connectivity index (χ0v) is 17.3. The number of piperazine rings is 1. The molecule has 0 bridgehead atoms. The lowest BCUT2D eigenvalue weighted by molar-refractivity contribution is -0.133. The molecule has 152 valence electrons. The van der Waals surface area contributed by atoms with E-state index in [9.17, 15) is 9.59 Å². The van der Waals surface area contributed by atoms with Crippen molar-refractivity contribution in [1.29, 1.82) is 0 Å². The van der Waals surface area contributed by atoms with E-state index in [1.165, 1.54) is 0 Å². The quantitative estimate of drug-likeness (QED) is 0.642. The Morgan fingerprint density at radius 3 is 2.37 bits per heavy atom. The van der Waals surface area contributed by atoms with Gasteiger partial charge in [0.25, 0.3) is 0 Å². The smallest absolute Gasteiger partial charge is 0.239 e. The third kappa shape index (κ3) is 6.12. The highest BCUT2D eigenvalue weighted by atomic mass is 35.5. The number of nitrogens with two attached hydrogens (primary N) is 1. The second kappa shape index (κ2) is 10.9. The van der Waals surface area contributed by atoms with Crippen molar-refractivity contribution in [2.24, 2.45) is 5.73 Å². The highest BCUT2D eigenvalue weighted by Crippen LogP contribution is 2.20. The van der Waals surface area contributed by atoms with Gasteiger partial charge in [-0.25, -0.2) is 0 Å². The molecule has 2 aliphatic heterocycles. The van der Waals surface area contributed by atoms with E-state index in [1.807, 2.05) is 29.2 Å². The number of carbonyl (C=O) groups is 2. The summed E-state index contributed by atoms with van der Waals surface area (Å²) in [6, 6.07) is 7.51. The van der Waals surface area contributed by atoms with Crippen LogP contribution >= 0.6 is 36.4 Å². The van der Waals surface area contributed by atoms with Gasteiger partial charge < -0.3 is 26.2 Å². The number of hydrogen-bond donors (Lipinski definition) is 3. The van der Waals surface area contributed by atoms with E-state index in [0.717, 1.165) is 23.8 Å². The van der Waals surface area contributed by atoms with Crippen LogP contribution in [0.3, 0.4) is 0 Å². The molecule has 0 aliphatic carbocycles. The van der Waals surface area contributed by atoms with Gasteiger partial charge in [0.1, 0.15) is 0 Å². The maximum Gasteiger partial charge on any atom is 0.239 e. The number of hydrogen-bond acceptors (Lipinski definition) is 5. The minimum Gasteiger partial charge on any atom is -0.368 e. The van der Waals surface area contributed by atoms with Crippen LogP contribution < -0.4 is 21.3 Å². The summed E-state index contributed by atoms with van der Waals surface area (Å²) in [5.41, 5.74) is 6.44. The Bertz CT molecular complexity index is 623. The van der Waals surface area contributed by atoms with E-state index >= 15 is 0 Å². The average Bonchev–Trinajstić information content (AvgIpc) is 3.10. The van der Waals surface area contributed by atoms with Crippen molar-refractivity contribution in [3.63, 3.8) is 0 Å². The monoisotopic (exact) mass is 437 g/mol. The molecule has 1 aromatic carbocycles. The predicted molar refractivity (Wildman–Crippen MR) is 112 cm³/mol. The summed E-state index contributed by atoms with van der Waals surface area (Å²) in [6.45, 7) is 3.56. The Morgan fingerprint density at radius 2 is 1.78 bits per heavy atom. The van der Waals surface area contributed by atoms with Crippen LogP contribution in [0.5, 0.6) is 0 Å². The topological polar surface area (TPSA) is 90.7 Å². The Hall–Kier alpha value is -1.25. The van der Waals surface area contributed by atoms with Crippen molar-refractivity contribution in [2.75, 3.05) is 44.2 Å². The second-order valence-corrected chi connectivity index (χ2v) is 6.89. The Morgan fingerprint density at radius 1 is 1.15 bits per heavy atom. The minimum absolute atomic E-state index is 0. The number of anilines is 1. The molecule has 2 fully saturated rings. The van der Waals surface area contributed by atoms with Crippen molar-refractivity contribution in [3.05, 3.63) is 29.3 Å². The molecule has 1 aromatic rings. The van der Waals surface area contributed by atoms with Crippen LogP contribution in [0.4, 0.5) is 5.69 Å². The fourth-order valence-electron chi connectivity index (χ4n) is 3.38. The molecule has 2 amide bonds. The van der Waals surface area contributed by atoms with Gasteiger partial charge in [-0.15, -0.1) is 24.8 Å². The van der Waals surface area contributed by atoms with Crippen LogP contribution in [0.1, 0.15) is 6.42 Å². The summed E-state index contributed by atoms with van der Waals surface area (Å²) in [4.78, 5) is 28.2. The molecule has 3 rings (SSSR count). The first-order valence-electron chi connectivity index (χ1n) is 8.59. The third-order valence-corrected chi connectivity index (χ3v) is 5.01. The fraction of sp³-hybridized carbons (Fsp3) is 0.529. The highest BCUT2D eigenvalue weighted by Gasteiger charge is 2.34. The second-order valence-electron chi connectivity index (χ2n) is 6.45. The first-order chi connectivity index (χ1) is 12.1. The SMILES string of the molecule is Cl.Cl.NCC(=O)N[C@H]1CN[C@H](C(=O)N2CCN(c3ccc(Cl)cc3)CC2)C1. The Kier molecular flexibility index (Phi) is 9.62. The van der Waals surface area contributed by atoms with E-state index in [0.29, 0.717) is 26.1 Å². The summed E-state index contributed by atoms with van der Waals surface area (Å²) in [6.07, 6.45) is 0.613. The normalized spacial score (nSPS) is 21.9. The van der Waals surface area contributed by atoms with Crippen LogP contribution in [0.25, 0.3) is 0 Å². The van der Waals surface area contributed by atoms with Crippen molar-refractivity contribution in [3.8, 4) is 0 Å². The molecule has 2 atom stereocenters. The van der Waals surface area contributed by atoms with Crippen LogP contribution in [-0.4, -0.2) is 68.1 Å². The lowest BCUT2D eigenvalue weighted by Gasteiger charge is -2.37. The van der Waals surface area contributed by atoms with Gasteiger partial charge >= 0.3 is 0 Å². The van der Waals surface area contributed by atoms with Crippen LogP contribution in [-0.2, 0) is 9.59 Å². The van der Waals surface area contributed by atoms with Crippen molar-refractivity contribution >= 4 is 53.9 Å². The van der Waals surface area contributed by atoms with Crippen molar-refractivity contribution in [1.82, 2.24) is 15.5 Å². The molecular weight excluding hydrogens is 413 g/mol. The summed E-state index contributed by atoms with van der Waals surface area (Å²) in [5.74, 6) is -0.0725. The summed E-state index contributed by atoms with van der Waals surface area (Å²) < 4.78 is 0. The predicted octanol–water partition coefficient (Wildman–Crippen LogP) is 0.638. The molecule has 0 radical (unpaired) electrons. The maximum absolute atomic E-state index is 12.7. The van der Waals surface area contributed by atoms with Crippen molar-refractivity contribution in [2.45, 2.75) is 18.5 Å². The van der Waals surface area contributed by atoms with Gasteiger partial charge in [0.2, 0.25) is 11.8 Å². The van der Waals surface area contributed by atoms with Gasteiger partial charge in [0.15, 0.2) is 0 Å². The molecule has 4 N–H and O–H groups in total. The van der Waals surface area contributed by atoms with Gasteiger partial charge in [-0.1, -0.05) is 11.6 Å². The van der Waals surface area contributed by atoms with Crippen LogP contribution in [0.15, 0.2) is 24.3 Å². The molecule has 10 heteroatoms. The number of halogens is 3. The first-order valence-corrected chi connectivity index (χ1v) is 8.96.